The number of benzene rings is 2. The first-order chi connectivity index (χ1) is 10.5. The Balaban J connectivity index is 2.06. The van der Waals surface area contributed by atoms with Crippen molar-refractivity contribution in [2.24, 2.45) is 0 Å². The summed E-state index contributed by atoms with van der Waals surface area (Å²) in [6.07, 6.45) is 2.83. The quantitative estimate of drug-likeness (QED) is 0.673. The molecule has 1 amide bonds. The van der Waals surface area contributed by atoms with Crippen LogP contribution < -0.4 is 5.32 Å². The second kappa shape index (κ2) is 7.00. The van der Waals surface area contributed by atoms with Crippen molar-refractivity contribution in [1.29, 1.82) is 0 Å². The first-order valence-electron chi connectivity index (χ1n) is 6.51. The van der Waals surface area contributed by atoms with E-state index in [1.54, 1.807) is 24.3 Å². The molecule has 0 unspecified atom stereocenters. The van der Waals surface area contributed by atoms with E-state index >= 15 is 0 Å². The molecule has 1 N–H and O–H groups in total. The summed E-state index contributed by atoms with van der Waals surface area (Å²) in [5.41, 5.74) is 1.66. The first-order valence-corrected chi connectivity index (χ1v) is 6.88. The highest BCUT2D eigenvalue weighted by Crippen LogP contribution is 2.17. The number of hydrogen-bond donors (Lipinski definition) is 1. The van der Waals surface area contributed by atoms with Gasteiger partial charge in [-0.25, -0.2) is 4.39 Å². The lowest BCUT2D eigenvalue weighted by Gasteiger charge is -2.03. The molecular formula is C17H13ClFNO2. The van der Waals surface area contributed by atoms with Crippen molar-refractivity contribution in [3.05, 3.63) is 70.5 Å². The van der Waals surface area contributed by atoms with Crippen LogP contribution in [0.15, 0.2) is 48.5 Å². The van der Waals surface area contributed by atoms with Crippen molar-refractivity contribution in [2.45, 2.75) is 6.92 Å². The van der Waals surface area contributed by atoms with Gasteiger partial charge in [0.1, 0.15) is 5.82 Å². The molecule has 2 aromatic carbocycles. The van der Waals surface area contributed by atoms with Crippen LogP contribution in [0, 0.1) is 5.82 Å². The number of Topliss-reactive ketones (excluding diaryl/α,β-unsaturated/α-hetero) is 1. The van der Waals surface area contributed by atoms with E-state index in [2.05, 4.69) is 5.32 Å². The first kappa shape index (κ1) is 15.9. The van der Waals surface area contributed by atoms with Crippen molar-refractivity contribution < 1.29 is 14.0 Å². The fraction of sp³-hybridized carbons (Fsp3) is 0.0588. The summed E-state index contributed by atoms with van der Waals surface area (Å²) in [4.78, 5) is 23.1. The van der Waals surface area contributed by atoms with E-state index in [9.17, 15) is 14.0 Å². The standard InChI is InChI=1S/C17H13ClFNO2/c1-11(21)13-3-2-4-14(10-13)20-17(22)8-6-12-5-7-16(19)15(18)9-12/h2-10H,1H3,(H,20,22)/b8-6+. The Morgan fingerprint density at radius 2 is 1.95 bits per heavy atom. The largest absolute Gasteiger partial charge is 0.322 e. The fourth-order valence-electron chi connectivity index (χ4n) is 1.79. The third kappa shape index (κ3) is 4.27. The summed E-state index contributed by atoms with van der Waals surface area (Å²) in [5, 5.41) is 2.65. The topological polar surface area (TPSA) is 46.2 Å². The van der Waals surface area contributed by atoms with Gasteiger partial charge in [-0.05, 0) is 42.8 Å². The van der Waals surface area contributed by atoms with E-state index in [4.69, 9.17) is 11.6 Å². The predicted octanol–water partition coefficient (Wildman–Crippen LogP) is 4.33. The zero-order chi connectivity index (χ0) is 16.1. The molecule has 2 aromatic rings. The van der Waals surface area contributed by atoms with Gasteiger partial charge in [0.15, 0.2) is 5.78 Å². The van der Waals surface area contributed by atoms with E-state index in [-0.39, 0.29) is 16.7 Å². The highest BCUT2D eigenvalue weighted by molar-refractivity contribution is 6.30. The molecule has 0 aliphatic heterocycles. The molecule has 0 saturated heterocycles. The normalized spacial score (nSPS) is 10.7. The van der Waals surface area contributed by atoms with Crippen LogP contribution in [-0.2, 0) is 4.79 Å². The van der Waals surface area contributed by atoms with Crippen molar-refractivity contribution >= 4 is 35.1 Å². The van der Waals surface area contributed by atoms with Gasteiger partial charge in [-0.1, -0.05) is 29.8 Å². The van der Waals surface area contributed by atoms with Gasteiger partial charge in [-0.2, -0.15) is 0 Å². The van der Waals surface area contributed by atoms with Crippen LogP contribution in [0.5, 0.6) is 0 Å². The smallest absolute Gasteiger partial charge is 0.248 e. The molecule has 0 fully saturated rings. The van der Waals surface area contributed by atoms with E-state index in [0.29, 0.717) is 16.8 Å². The summed E-state index contributed by atoms with van der Waals surface area (Å²) >= 11 is 5.66. The number of rotatable bonds is 4. The summed E-state index contributed by atoms with van der Waals surface area (Å²) in [7, 11) is 0. The van der Waals surface area contributed by atoms with E-state index in [1.807, 2.05) is 0 Å². The Bertz CT molecular complexity index is 756. The number of ketones is 1. The van der Waals surface area contributed by atoms with Crippen LogP contribution in [0.1, 0.15) is 22.8 Å². The number of hydrogen-bond acceptors (Lipinski definition) is 2. The van der Waals surface area contributed by atoms with Gasteiger partial charge >= 0.3 is 0 Å². The molecule has 0 aromatic heterocycles. The Kier molecular flexibility index (Phi) is 5.07. The molecule has 0 atom stereocenters. The SMILES string of the molecule is CC(=O)c1cccc(NC(=O)/C=C/c2ccc(F)c(Cl)c2)c1. The summed E-state index contributed by atoms with van der Waals surface area (Å²) in [5.74, 6) is -0.946. The number of nitrogens with one attached hydrogen (secondary N) is 1. The van der Waals surface area contributed by atoms with Gasteiger partial charge in [0, 0.05) is 17.3 Å². The fourth-order valence-corrected chi connectivity index (χ4v) is 1.98. The van der Waals surface area contributed by atoms with Gasteiger partial charge < -0.3 is 5.32 Å². The minimum absolute atomic E-state index is 0.00304. The van der Waals surface area contributed by atoms with E-state index in [1.165, 1.54) is 37.3 Å². The maximum atomic E-state index is 13.0. The number of amides is 1. The Hall–Kier alpha value is -2.46. The van der Waals surface area contributed by atoms with Crippen LogP contribution >= 0.6 is 11.6 Å². The molecule has 22 heavy (non-hydrogen) atoms. The Morgan fingerprint density at radius 3 is 2.64 bits per heavy atom. The molecule has 0 saturated carbocycles. The van der Waals surface area contributed by atoms with Crippen LogP contribution in [0.25, 0.3) is 6.08 Å². The Labute approximate surface area is 132 Å². The average Bonchev–Trinajstić information content (AvgIpc) is 2.49. The average molecular weight is 318 g/mol. The molecule has 5 heteroatoms. The number of carbonyl (C=O) groups is 2. The van der Waals surface area contributed by atoms with Crippen molar-refractivity contribution in [3.8, 4) is 0 Å². The number of anilines is 1. The van der Waals surface area contributed by atoms with Crippen LogP contribution in [0.4, 0.5) is 10.1 Å². The third-order valence-corrected chi connectivity index (χ3v) is 3.20. The zero-order valence-corrected chi connectivity index (χ0v) is 12.5. The van der Waals surface area contributed by atoms with Crippen molar-refractivity contribution in [2.75, 3.05) is 5.32 Å². The van der Waals surface area contributed by atoms with E-state index in [0.717, 1.165) is 0 Å². The highest BCUT2D eigenvalue weighted by atomic mass is 35.5. The minimum atomic E-state index is -0.510. The summed E-state index contributed by atoms with van der Waals surface area (Å²) in [6.45, 7) is 1.46. The predicted molar refractivity (Wildman–Crippen MR) is 85.5 cm³/mol. The van der Waals surface area contributed by atoms with Crippen molar-refractivity contribution in [1.82, 2.24) is 0 Å². The molecule has 0 radical (unpaired) electrons. The molecule has 112 valence electrons. The number of carbonyl (C=O) groups excluding carboxylic acids is 2. The maximum Gasteiger partial charge on any atom is 0.248 e. The van der Waals surface area contributed by atoms with Gasteiger partial charge in [0.25, 0.3) is 0 Å². The van der Waals surface area contributed by atoms with Gasteiger partial charge in [0.05, 0.1) is 5.02 Å². The maximum absolute atomic E-state index is 13.0. The summed E-state index contributed by atoms with van der Waals surface area (Å²) in [6, 6.07) is 10.8. The molecule has 0 aliphatic rings. The molecule has 0 heterocycles. The lowest BCUT2D eigenvalue weighted by Crippen LogP contribution is -2.08. The molecular weight excluding hydrogens is 305 g/mol. The van der Waals surface area contributed by atoms with Crippen molar-refractivity contribution in [3.63, 3.8) is 0 Å². The van der Waals surface area contributed by atoms with Gasteiger partial charge in [-0.3, -0.25) is 9.59 Å². The zero-order valence-electron chi connectivity index (χ0n) is 11.8. The van der Waals surface area contributed by atoms with Gasteiger partial charge in [0.2, 0.25) is 5.91 Å². The lowest BCUT2D eigenvalue weighted by atomic mass is 10.1. The van der Waals surface area contributed by atoms with E-state index < -0.39 is 5.82 Å². The molecule has 0 aliphatic carbocycles. The van der Waals surface area contributed by atoms with Crippen LogP contribution in [-0.4, -0.2) is 11.7 Å². The second-order valence-electron chi connectivity index (χ2n) is 4.63. The number of halogens is 2. The molecule has 0 bridgehead atoms. The summed E-state index contributed by atoms with van der Waals surface area (Å²) < 4.78 is 13.0. The third-order valence-electron chi connectivity index (χ3n) is 2.91. The minimum Gasteiger partial charge on any atom is -0.322 e. The van der Waals surface area contributed by atoms with Gasteiger partial charge in [-0.15, -0.1) is 0 Å². The molecule has 0 spiro atoms. The monoisotopic (exact) mass is 317 g/mol. The molecule has 2 rings (SSSR count). The van der Waals surface area contributed by atoms with Crippen LogP contribution in [0.2, 0.25) is 5.02 Å². The second-order valence-corrected chi connectivity index (χ2v) is 5.04. The lowest BCUT2D eigenvalue weighted by molar-refractivity contribution is -0.111. The highest BCUT2D eigenvalue weighted by Gasteiger charge is 2.03. The van der Waals surface area contributed by atoms with Crippen LogP contribution in [0.3, 0.4) is 0 Å². The Morgan fingerprint density at radius 1 is 1.18 bits per heavy atom. The molecule has 3 nitrogen and oxygen atoms in total.